The van der Waals surface area contributed by atoms with Crippen LogP contribution in [0.15, 0.2) is 29.3 Å². The lowest BCUT2D eigenvalue weighted by Gasteiger charge is -2.21. The van der Waals surface area contributed by atoms with Gasteiger partial charge in [-0.2, -0.15) is 0 Å². The fourth-order valence-electron chi connectivity index (χ4n) is 2.99. The van der Waals surface area contributed by atoms with Crippen molar-refractivity contribution in [3.05, 3.63) is 35.4 Å². The van der Waals surface area contributed by atoms with E-state index in [1.54, 1.807) is 0 Å². The Morgan fingerprint density at radius 2 is 1.83 bits per heavy atom. The van der Waals surface area contributed by atoms with Crippen molar-refractivity contribution < 1.29 is 0 Å². The van der Waals surface area contributed by atoms with Crippen LogP contribution in [0, 0.1) is 0 Å². The topological polar surface area (TPSA) is 30.9 Å². The fraction of sp³-hybridized carbons (Fsp3) is 0.611. The highest BCUT2D eigenvalue weighted by atomic mass is 127. The second kappa shape index (κ2) is 10.9. The number of nitrogens with zero attached hydrogens (tertiary/aromatic N) is 3. The van der Waals surface area contributed by atoms with Gasteiger partial charge in [0, 0.05) is 33.2 Å². The van der Waals surface area contributed by atoms with Gasteiger partial charge in [0.2, 0.25) is 0 Å². The number of nitrogens with one attached hydrogen (secondary N) is 1. The van der Waals surface area contributed by atoms with Gasteiger partial charge >= 0.3 is 0 Å². The smallest absolute Gasteiger partial charge is 0.193 e. The van der Waals surface area contributed by atoms with Gasteiger partial charge in [0.05, 0.1) is 0 Å². The molecule has 0 atom stereocenters. The quantitative estimate of drug-likeness (QED) is 0.427. The lowest BCUT2D eigenvalue weighted by Crippen LogP contribution is -2.39. The molecular weight excluding hydrogens is 399 g/mol. The van der Waals surface area contributed by atoms with Gasteiger partial charge in [-0.05, 0) is 37.1 Å². The Kier molecular flexibility index (Phi) is 9.55. The van der Waals surface area contributed by atoms with Crippen LogP contribution >= 0.6 is 24.0 Å². The lowest BCUT2D eigenvalue weighted by molar-refractivity contribution is 0.296. The summed E-state index contributed by atoms with van der Waals surface area (Å²) in [4.78, 5) is 9.19. The Morgan fingerprint density at radius 1 is 1.17 bits per heavy atom. The zero-order chi connectivity index (χ0) is 15.8. The monoisotopic (exact) mass is 430 g/mol. The van der Waals surface area contributed by atoms with E-state index in [0.29, 0.717) is 0 Å². The Balaban J connectivity index is 0.00000264. The van der Waals surface area contributed by atoms with Gasteiger partial charge in [0.25, 0.3) is 0 Å². The van der Waals surface area contributed by atoms with Gasteiger partial charge in [0.15, 0.2) is 5.96 Å². The summed E-state index contributed by atoms with van der Waals surface area (Å²) in [6, 6.07) is 8.88. The minimum Gasteiger partial charge on any atom is -0.352 e. The largest absolute Gasteiger partial charge is 0.352 e. The van der Waals surface area contributed by atoms with Crippen LogP contribution in [-0.4, -0.2) is 49.0 Å². The van der Waals surface area contributed by atoms with E-state index in [0.717, 1.165) is 45.2 Å². The van der Waals surface area contributed by atoms with Crippen molar-refractivity contribution in [3.63, 3.8) is 0 Å². The molecule has 0 spiro atoms. The van der Waals surface area contributed by atoms with Crippen LogP contribution in [-0.2, 0) is 13.1 Å². The predicted molar refractivity (Wildman–Crippen MR) is 109 cm³/mol. The molecule has 1 fully saturated rings. The molecule has 5 heteroatoms. The molecule has 4 nitrogen and oxygen atoms in total. The number of hydrogen-bond acceptors (Lipinski definition) is 2. The molecule has 1 aromatic rings. The van der Waals surface area contributed by atoms with Crippen molar-refractivity contribution in [1.82, 2.24) is 15.1 Å². The molecule has 1 aromatic carbocycles. The van der Waals surface area contributed by atoms with E-state index in [9.17, 15) is 0 Å². The van der Waals surface area contributed by atoms with E-state index in [1.165, 1.54) is 24.0 Å². The van der Waals surface area contributed by atoms with E-state index < -0.39 is 0 Å². The number of hydrogen-bond donors (Lipinski definition) is 1. The minimum atomic E-state index is 0. The van der Waals surface area contributed by atoms with Gasteiger partial charge in [-0.3, -0.25) is 9.89 Å². The summed E-state index contributed by atoms with van der Waals surface area (Å²) in [6.45, 7) is 10.8. The zero-order valence-corrected chi connectivity index (χ0v) is 17.0. The highest BCUT2D eigenvalue weighted by molar-refractivity contribution is 14.0. The van der Waals surface area contributed by atoms with Crippen molar-refractivity contribution in [3.8, 4) is 0 Å². The van der Waals surface area contributed by atoms with Gasteiger partial charge in [-0.15, -0.1) is 24.0 Å². The summed E-state index contributed by atoms with van der Waals surface area (Å²) < 4.78 is 0. The molecular formula is C18H31IN4. The van der Waals surface area contributed by atoms with Crippen LogP contribution < -0.4 is 5.32 Å². The highest BCUT2D eigenvalue weighted by Crippen LogP contribution is 2.10. The van der Waals surface area contributed by atoms with Crippen LogP contribution in [0.1, 0.15) is 37.8 Å². The Morgan fingerprint density at radius 3 is 2.43 bits per heavy atom. The first-order valence-electron chi connectivity index (χ1n) is 8.52. The van der Waals surface area contributed by atoms with Crippen LogP contribution in [0.5, 0.6) is 0 Å². The van der Waals surface area contributed by atoms with Crippen LogP contribution in [0.3, 0.4) is 0 Å². The molecule has 1 saturated heterocycles. The number of benzene rings is 1. The van der Waals surface area contributed by atoms with Crippen molar-refractivity contribution in [2.75, 3.05) is 33.2 Å². The average molecular weight is 430 g/mol. The molecule has 1 aliphatic heterocycles. The third-order valence-corrected chi connectivity index (χ3v) is 4.36. The molecule has 2 rings (SSSR count). The molecule has 0 radical (unpaired) electrons. The Hall–Kier alpha value is -0.820. The van der Waals surface area contributed by atoms with Crippen LogP contribution in [0.25, 0.3) is 0 Å². The average Bonchev–Trinajstić information content (AvgIpc) is 3.08. The summed E-state index contributed by atoms with van der Waals surface area (Å²) in [7, 11) is 1.87. The molecule has 0 unspecified atom stereocenters. The van der Waals surface area contributed by atoms with Gasteiger partial charge < -0.3 is 10.2 Å². The Labute approximate surface area is 158 Å². The van der Waals surface area contributed by atoms with Crippen molar-refractivity contribution in [2.24, 2.45) is 4.99 Å². The number of guanidine groups is 1. The van der Waals surface area contributed by atoms with Crippen LogP contribution in [0.2, 0.25) is 0 Å². The molecule has 0 aliphatic carbocycles. The van der Waals surface area contributed by atoms with E-state index in [2.05, 4.69) is 58.2 Å². The van der Waals surface area contributed by atoms with E-state index in [1.807, 2.05) is 7.05 Å². The SMILES string of the molecule is CCN(CC)Cc1cccc(CNC(=NC)N2CCCC2)c1.I. The van der Waals surface area contributed by atoms with Crippen molar-refractivity contribution in [2.45, 2.75) is 39.8 Å². The highest BCUT2D eigenvalue weighted by Gasteiger charge is 2.15. The van der Waals surface area contributed by atoms with Gasteiger partial charge in [-0.1, -0.05) is 38.1 Å². The van der Waals surface area contributed by atoms with E-state index in [-0.39, 0.29) is 24.0 Å². The number of aliphatic imine (C=N–C) groups is 1. The molecule has 1 heterocycles. The van der Waals surface area contributed by atoms with Crippen LogP contribution in [0.4, 0.5) is 0 Å². The number of rotatable bonds is 6. The van der Waals surface area contributed by atoms with E-state index >= 15 is 0 Å². The maximum Gasteiger partial charge on any atom is 0.193 e. The molecule has 0 aromatic heterocycles. The Bertz CT molecular complexity index is 480. The fourth-order valence-corrected chi connectivity index (χ4v) is 2.99. The molecule has 23 heavy (non-hydrogen) atoms. The van der Waals surface area contributed by atoms with E-state index in [4.69, 9.17) is 0 Å². The molecule has 1 N–H and O–H groups in total. The van der Waals surface area contributed by atoms with Gasteiger partial charge in [-0.25, -0.2) is 0 Å². The summed E-state index contributed by atoms with van der Waals surface area (Å²) in [5.41, 5.74) is 2.71. The maximum atomic E-state index is 4.41. The first-order chi connectivity index (χ1) is 10.8. The molecule has 1 aliphatic rings. The predicted octanol–water partition coefficient (Wildman–Crippen LogP) is 3.32. The first kappa shape index (κ1) is 20.2. The second-order valence-corrected chi connectivity index (χ2v) is 5.88. The zero-order valence-electron chi connectivity index (χ0n) is 14.7. The second-order valence-electron chi connectivity index (χ2n) is 5.88. The number of halogens is 1. The van der Waals surface area contributed by atoms with Crippen molar-refractivity contribution >= 4 is 29.9 Å². The summed E-state index contributed by atoms with van der Waals surface area (Å²) in [5, 5.41) is 3.50. The third-order valence-electron chi connectivity index (χ3n) is 4.36. The first-order valence-corrected chi connectivity index (χ1v) is 8.52. The van der Waals surface area contributed by atoms with Gasteiger partial charge in [0.1, 0.15) is 0 Å². The summed E-state index contributed by atoms with van der Waals surface area (Å²) in [6.07, 6.45) is 2.56. The lowest BCUT2D eigenvalue weighted by atomic mass is 10.1. The van der Waals surface area contributed by atoms with Crippen molar-refractivity contribution in [1.29, 1.82) is 0 Å². The number of likely N-dealkylation sites (tertiary alicyclic amines) is 1. The molecule has 0 amide bonds. The standard InChI is InChI=1S/C18H30N4.HI/c1-4-21(5-2)15-17-10-8-9-16(13-17)14-20-18(19-3)22-11-6-7-12-22;/h8-10,13H,4-7,11-12,14-15H2,1-3H3,(H,19,20);1H. The maximum absolute atomic E-state index is 4.41. The summed E-state index contributed by atoms with van der Waals surface area (Å²) in [5.74, 6) is 1.03. The minimum absolute atomic E-state index is 0. The molecule has 130 valence electrons. The summed E-state index contributed by atoms with van der Waals surface area (Å²) >= 11 is 0. The molecule has 0 saturated carbocycles. The third kappa shape index (κ3) is 6.30. The molecule has 0 bridgehead atoms. The normalized spacial score (nSPS) is 15.0.